The number of aromatic nitrogens is 3. The molecule has 0 saturated carbocycles. The van der Waals surface area contributed by atoms with Crippen LogP contribution in [0.25, 0.3) is 10.2 Å². The van der Waals surface area contributed by atoms with Crippen LogP contribution in [0.1, 0.15) is 16.1 Å². The van der Waals surface area contributed by atoms with E-state index in [1.54, 1.807) is 16.6 Å². The van der Waals surface area contributed by atoms with Crippen LogP contribution < -0.4 is 4.90 Å². The topological polar surface area (TPSA) is 54.3 Å². The fourth-order valence-electron chi connectivity index (χ4n) is 3.15. The molecule has 1 aliphatic rings. The summed E-state index contributed by atoms with van der Waals surface area (Å²) < 4.78 is 29.3. The van der Waals surface area contributed by atoms with Crippen LogP contribution in [0, 0.1) is 18.6 Å². The van der Waals surface area contributed by atoms with Crippen molar-refractivity contribution >= 4 is 32.6 Å². The third-order valence-corrected chi connectivity index (χ3v) is 5.52. The molecule has 1 saturated heterocycles. The van der Waals surface area contributed by atoms with Crippen LogP contribution in [-0.2, 0) is 7.05 Å². The third-order valence-electron chi connectivity index (χ3n) is 4.45. The maximum atomic E-state index is 13.8. The molecule has 0 N–H and O–H groups in total. The number of carbonyl (C=O) groups excluding carboxylic acids is 1. The zero-order chi connectivity index (χ0) is 18.4. The van der Waals surface area contributed by atoms with Gasteiger partial charge in [-0.25, -0.2) is 13.8 Å². The Morgan fingerprint density at radius 2 is 1.92 bits per heavy atom. The lowest BCUT2D eigenvalue weighted by Gasteiger charge is -2.34. The molecule has 3 aromatic rings. The van der Waals surface area contributed by atoms with Crippen molar-refractivity contribution in [2.75, 3.05) is 31.1 Å². The number of rotatable bonds is 2. The number of thiazole rings is 1. The van der Waals surface area contributed by atoms with Crippen molar-refractivity contribution < 1.29 is 13.6 Å². The minimum Gasteiger partial charge on any atom is -0.345 e. The summed E-state index contributed by atoms with van der Waals surface area (Å²) in [5, 5.41) is 4.88. The van der Waals surface area contributed by atoms with E-state index in [4.69, 9.17) is 0 Å². The normalized spacial score (nSPS) is 15.1. The molecule has 9 heteroatoms. The Kier molecular flexibility index (Phi) is 4.10. The van der Waals surface area contributed by atoms with Gasteiger partial charge in [0.05, 0.1) is 4.70 Å². The molecular weight excluding hydrogens is 360 g/mol. The number of amides is 1. The molecule has 2 aromatic heterocycles. The molecule has 0 unspecified atom stereocenters. The van der Waals surface area contributed by atoms with Gasteiger partial charge >= 0.3 is 0 Å². The lowest BCUT2D eigenvalue weighted by molar-refractivity contribution is 0.0739. The molecule has 136 valence electrons. The van der Waals surface area contributed by atoms with Gasteiger partial charge in [-0.1, -0.05) is 11.3 Å². The number of fused-ring (bicyclic) bond motifs is 1. The lowest BCUT2D eigenvalue weighted by Crippen LogP contribution is -2.49. The number of aryl methyl sites for hydroxylation is 2. The van der Waals surface area contributed by atoms with Crippen LogP contribution in [0.15, 0.2) is 18.3 Å². The Labute approximate surface area is 152 Å². The Hall–Kier alpha value is -2.55. The maximum Gasteiger partial charge on any atom is 0.274 e. The van der Waals surface area contributed by atoms with E-state index in [9.17, 15) is 13.6 Å². The van der Waals surface area contributed by atoms with Crippen molar-refractivity contribution in [3.05, 3.63) is 41.2 Å². The summed E-state index contributed by atoms with van der Waals surface area (Å²) in [7, 11) is 1.79. The zero-order valence-corrected chi connectivity index (χ0v) is 15.2. The van der Waals surface area contributed by atoms with E-state index in [2.05, 4.69) is 10.1 Å². The van der Waals surface area contributed by atoms with Gasteiger partial charge in [-0.2, -0.15) is 5.10 Å². The largest absolute Gasteiger partial charge is 0.345 e. The highest BCUT2D eigenvalue weighted by Gasteiger charge is 2.26. The number of hydrogen-bond donors (Lipinski definition) is 0. The highest BCUT2D eigenvalue weighted by Crippen LogP contribution is 2.31. The first-order valence-electron chi connectivity index (χ1n) is 8.22. The molecule has 1 amide bonds. The van der Waals surface area contributed by atoms with Crippen molar-refractivity contribution in [3.8, 4) is 0 Å². The van der Waals surface area contributed by atoms with Crippen molar-refractivity contribution in [1.29, 1.82) is 0 Å². The fraction of sp³-hybridized carbons (Fsp3) is 0.353. The van der Waals surface area contributed by atoms with Gasteiger partial charge in [-0.15, -0.1) is 0 Å². The van der Waals surface area contributed by atoms with E-state index >= 15 is 0 Å². The van der Waals surface area contributed by atoms with Crippen molar-refractivity contribution in [2.24, 2.45) is 7.05 Å². The van der Waals surface area contributed by atoms with Gasteiger partial charge in [0.25, 0.3) is 5.91 Å². The Balaban J connectivity index is 1.49. The number of hydrogen-bond acceptors (Lipinski definition) is 5. The molecule has 1 aliphatic heterocycles. The average molecular weight is 377 g/mol. The molecule has 1 aromatic carbocycles. The van der Waals surface area contributed by atoms with Crippen LogP contribution in [0.4, 0.5) is 13.9 Å². The average Bonchev–Trinajstić information content (AvgIpc) is 3.17. The van der Waals surface area contributed by atoms with E-state index in [0.29, 0.717) is 41.7 Å². The molecule has 6 nitrogen and oxygen atoms in total. The van der Waals surface area contributed by atoms with Gasteiger partial charge in [0.15, 0.2) is 16.6 Å². The van der Waals surface area contributed by atoms with E-state index in [1.165, 1.54) is 17.4 Å². The Morgan fingerprint density at radius 1 is 1.19 bits per heavy atom. The predicted octanol–water partition coefficient (Wildman–Crippen LogP) is 2.58. The summed E-state index contributed by atoms with van der Waals surface area (Å²) in [6, 6.07) is 2.14. The highest BCUT2D eigenvalue weighted by molar-refractivity contribution is 7.22. The first-order valence-corrected chi connectivity index (χ1v) is 9.04. The molecule has 0 atom stereocenters. The Bertz CT molecular complexity index is 991. The first kappa shape index (κ1) is 16.9. The number of halogens is 2. The number of carbonyl (C=O) groups is 1. The summed E-state index contributed by atoms with van der Waals surface area (Å²) in [6.07, 6.45) is 1.82. The molecule has 1 fully saturated rings. The molecule has 0 spiro atoms. The van der Waals surface area contributed by atoms with Gasteiger partial charge < -0.3 is 9.80 Å². The van der Waals surface area contributed by atoms with Gasteiger partial charge in [-0.05, 0) is 13.0 Å². The van der Waals surface area contributed by atoms with Crippen LogP contribution in [0.2, 0.25) is 0 Å². The molecule has 26 heavy (non-hydrogen) atoms. The summed E-state index contributed by atoms with van der Waals surface area (Å²) >= 11 is 1.26. The second kappa shape index (κ2) is 6.31. The van der Waals surface area contributed by atoms with Crippen molar-refractivity contribution in [1.82, 2.24) is 19.7 Å². The monoisotopic (exact) mass is 377 g/mol. The van der Waals surface area contributed by atoms with Crippen molar-refractivity contribution in [3.63, 3.8) is 0 Å². The second-order valence-electron chi connectivity index (χ2n) is 6.34. The van der Waals surface area contributed by atoms with Gasteiger partial charge in [-0.3, -0.25) is 9.48 Å². The van der Waals surface area contributed by atoms with E-state index in [1.807, 2.05) is 18.0 Å². The molecular formula is C17H17F2N5OS. The zero-order valence-electron chi connectivity index (χ0n) is 14.4. The quantitative estimate of drug-likeness (QED) is 0.689. The lowest BCUT2D eigenvalue weighted by atomic mass is 10.2. The van der Waals surface area contributed by atoms with Gasteiger partial charge in [0, 0.05) is 51.1 Å². The van der Waals surface area contributed by atoms with E-state index in [-0.39, 0.29) is 11.4 Å². The molecule has 0 radical (unpaired) electrons. The van der Waals surface area contributed by atoms with Gasteiger partial charge in [0.2, 0.25) is 0 Å². The standard InChI is InChI=1S/C17H17F2N5OS/c1-10-9-22(2)21-14(10)16(25)23-3-5-24(6-4-23)17-20-15-12(19)7-11(18)8-13(15)26-17/h7-9H,3-6H2,1-2H3. The number of anilines is 1. The fourth-order valence-corrected chi connectivity index (χ4v) is 4.21. The van der Waals surface area contributed by atoms with Crippen LogP contribution >= 0.6 is 11.3 Å². The third kappa shape index (κ3) is 2.92. The van der Waals surface area contributed by atoms with Crippen LogP contribution in [-0.4, -0.2) is 51.8 Å². The molecule has 4 rings (SSSR count). The minimum absolute atomic E-state index is 0.0832. The van der Waals surface area contributed by atoms with Crippen LogP contribution in [0.3, 0.4) is 0 Å². The van der Waals surface area contributed by atoms with Crippen LogP contribution in [0.5, 0.6) is 0 Å². The SMILES string of the molecule is Cc1cn(C)nc1C(=O)N1CCN(c2nc3c(F)cc(F)cc3s2)CC1. The van der Waals surface area contributed by atoms with Gasteiger partial charge in [0.1, 0.15) is 11.3 Å². The van der Waals surface area contributed by atoms with E-state index in [0.717, 1.165) is 11.6 Å². The minimum atomic E-state index is -0.651. The molecule has 0 bridgehead atoms. The summed E-state index contributed by atoms with van der Waals surface area (Å²) in [4.78, 5) is 20.7. The summed E-state index contributed by atoms with van der Waals surface area (Å²) in [5.74, 6) is -1.34. The highest BCUT2D eigenvalue weighted by atomic mass is 32.1. The summed E-state index contributed by atoms with van der Waals surface area (Å²) in [6.45, 7) is 4.09. The number of nitrogens with zero attached hydrogens (tertiary/aromatic N) is 5. The smallest absolute Gasteiger partial charge is 0.274 e. The predicted molar refractivity (Wildman–Crippen MR) is 95.6 cm³/mol. The molecule has 0 aliphatic carbocycles. The second-order valence-corrected chi connectivity index (χ2v) is 7.35. The maximum absolute atomic E-state index is 13.8. The van der Waals surface area contributed by atoms with E-state index < -0.39 is 11.6 Å². The Morgan fingerprint density at radius 3 is 2.58 bits per heavy atom. The van der Waals surface area contributed by atoms with Crippen molar-refractivity contribution in [2.45, 2.75) is 6.92 Å². The first-order chi connectivity index (χ1) is 12.4. The number of benzene rings is 1. The number of piperazine rings is 1. The summed E-state index contributed by atoms with van der Waals surface area (Å²) in [5.41, 5.74) is 1.51. The molecule has 3 heterocycles.